The highest BCUT2D eigenvalue weighted by molar-refractivity contribution is 6.01. The second kappa shape index (κ2) is 11.5. The van der Waals surface area contributed by atoms with Crippen molar-refractivity contribution in [3.05, 3.63) is 95.6 Å². The third kappa shape index (κ3) is 6.18. The summed E-state index contributed by atoms with van der Waals surface area (Å²) >= 11 is 0. The van der Waals surface area contributed by atoms with Gasteiger partial charge in [0.05, 0.1) is 23.6 Å². The molecular weight excluding hydrogens is 502 g/mol. The summed E-state index contributed by atoms with van der Waals surface area (Å²) in [5.41, 5.74) is 4.16. The molecule has 1 saturated heterocycles. The molecular formula is C32H37N5O3. The topological polar surface area (TPSA) is 101 Å². The van der Waals surface area contributed by atoms with Crippen molar-refractivity contribution in [1.82, 2.24) is 15.1 Å². The number of amides is 2. The van der Waals surface area contributed by atoms with Crippen molar-refractivity contribution in [3.8, 4) is 5.69 Å². The van der Waals surface area contributed by atoms with Gasteiger partial charge in [-0.3, -0.25) is 10.1 Å². The quantitative estimate of drug-likeness (QED) is 0.227. The van der Waals surface area contributed by atoms with Gasteiger partial charge < -0.3 is 15.1 Å². The van der Waals surface area contributed by atoms with Gasteiger partial charge in [-0.2, -0.15) is 5.10 Å². The highest BCUT2D eigenvalue weighted by atomic mass is 16.3. The molecule has 1 fully saturated rings. The van der Waals surface area contributed by atoms with Crippen molar-refractivity contribution in [2.45, 2.75) is 51.9 Å². The van der Waals surface area contributed by atoms with E-state index < -0.39 is 0 Å². The molecule has 2 aromatic heterocycles. The number of benzene rings is 2. The summed E-state index contributed by atoms with van der Waals surface area (Å²) in [6.45, 7) is 10.1. The van der Waals surface area contributed by atoms with Crippen molar-refractivity contribution in [2.75, 3.05) is 23.7 Å². The third-order valence-corrected chi connectivity index (χ3v) is 7.40. The fraction of sp³-hybridized carbons (Fsp3) is 0.344. The summed E-state index contributed by atoms with van der Waals surface area (Å²) in [7, 11) is 0. The zero-order chi connectivity index (χ0) is 28.3. The van der Waals surface area contributed by atoms with Crippen LogP contribution in [-0.2, 0) is 5.41 Å². The first-order chi connectivity index (χ1) is 19.2. The molecule has 40 heavy (non-hydrogen) atoms. The maximum Gasteiger partial charge on any atom is 0.324 e. The molecule has 3 N–H and O–H groups in total. The summed E-state index contributed by atoms with van der Waals surface area (Å²) in [5.74, 6) is 0.731. The Bertz CT molecular complexity index is 1460. The van der Waals surface area contributed by atoms with Crippen molar-refractivity contribution >= 4 is 23.3 Å². The monoisotopic (exact) mass is 539 g/mol. The van der Waals surface area contributed by atoms with Crippen LogP contribution in [0.5, 0.6) is 0 Å². The predicted molar refractivity (Wildman–Crippen MR) is 157 cm³/mol. The molecule has 4 aromatic rings. The lowest BCUT2D eigenvalue weighted by Crippen LogP contribution is -2.33. The first-order valence-electron chi connectivity index (χ1n) is 13.8. The van der Waals surface area contributed by atoms with Gasteiger partial charge in [-0.05, 0) is 80.7 Å². The Morgan fingerprint density at radius 2 is 1.75 bits per heavy atom. The fourth-order valence-corrected chi connectivity index (χ4v) is 5.20. The second-order valence-electron chi connectivity index (χ2n) is 11.5. The standard InChI is InChI=1S/C32H37N5O3/c1-21-10-12-25(13-11-21)37-28(20-27(36-37)32(2,3)4)35-31(39)34-24-8-5-7-23(19-24)29(22-14-16-33-17-15-22)30(38)26-9-6-18-40-26/h5-13,18-20,22,29,33H,14-17H2,1-4H3,(H2,34,35,39). The van der Waals surface area contributed by atoms with E-state index >= 15 is 0 Å². The molecule has 0 bridgehead atoms. The number of ketones is 1. The number of hydrogen-bond acceptors (Lipinski definition) is 5. The average molecular weight is 540 g/mol. The van der Waals surface area contributed by atoms with E-state index in [0.717, 1.165) is 48.4 Å². The van der Waals surface area contributed by atoms with E-state index in [-0.39, 0.29) is 29.1 Å². The van der Waals surface area contributed by atoms with E-state index in [9.17, 15) is 9.59 Å². The Labute approximate surface area is 235 Å². The van der Waals surface area contributed by atoms with Crippen molar-refractivity contribution in [3.63, 3.8) is 0 Å². The molecule has 208 valence electrons. The Morgan fingerprint density at radius 3 is 2.42 bits per heavy atom. The van der Waals surface area contributed by atoms with Crippen molar-refractivity contribution in [1.29, 1.82) is 0 Å². The molecule has 0 radical (unpaired) electrons. The van der Waals surface area contributed by atoms with Gasteiger partial charge >= 0.3 is 6.03 Å². The molecule has 1 unspecified atom stereocenters. The van der Waals surface area contributed by atoms with Crippen LogP contribution in [0.2, 0.25) is 0 Å². The molecule has 3 heterocycles. The zero-order valence-electron chi connectivity index (χ0n) is 23.5. The van der Waals surface area contributed by atoms with Gasteiger partial charge in [0.15, 0.2) is 5.76 Å². The molecule has 1 aliphatic rings. The summed E-state index contributed by atoms with van der Waals surface area (Å²) in [6, 6.07) is 20.5. The Hall–Kier alpha value is -4.17. The van der Waals surface area contributed by atoms with Crippen LogP contribution in [0.3, 0.4) is 0 Å². The van der Waals surface area contributed by atoms with E-state index in [1.165, 1.54) is 6.26 Å². The second-order valence-corrected chi connectivity index (χ2v) is 11.5. The van der Waals surface area contributed by atoms with Crippen LogP contribution in [0, 0.1) is 12.8 Å². The van der Waals surface area contributed by atoms with Crippen molar-refractivity contribution in [2.24, 2.45) is 5.92 Å². The molecule has 1 aliphatic heterocycles. The van der Waals surface area contributed by atoms with Gasteiger partial charge in [0, 0.05) is 17.2 Å². The number of urea groups is 1. The van der Waals surface area contributed by atoms with Crippen molar-refractivity contribution < 1.29 is 14.0 Å². The van der Waals surface area contributed by atoms with E-state index in [1.54, 1.807) is 16.8 Å². The molecule has 8 heteroatoms. The normalized spacial score (nSPS) is 15.0. The number of piperidine rings is 1. The van der Waals surface area contributed by atoms with Gasteiger partial charge in [-0.25, -0.2) is 9.48 Å². The van der Waals surface area contributed by atoms with Gasteiger partial charge in [0.1, 0.15) is 5.82 Å². The molecule has 1 atom stereocenters. The minimum Gasteiger partial charge on any atom is -0.461 e. The molecule has 5 rings (SSSR count). The van der Waals surface area contributed by atoms with Crippen LogP contribution in [-0.4, -0.2) is 34.7 Å². The lowest BCUT2D eigenvalue weighted by atomic mass is 9.77. The molecule has 2 amide bonds. The number of Topliss-reactive ketones (excluding diaryl/α,β-unsaturated/α-hetero) is 1. The number of hydrogen-bond donors (Lipinski definition) is 3. The fourth-order valence-electron chi connectivity index (χ4n) is 5.20. The Kier molecular flexibility index (Phi) is 7.89. The van der Waals surface area contributed by atoms with Gasteiger partial charge in [0.2, 0.25) is 5.78 Å². The number of aryl methyl sites for hydroxylation is 1. The molecule has 2 aromatic carbocycles. The number of anilines is 2. The highest BCUT2D eigenvalue weighted by Gasteiger charge is 2.33. The minimum atomic E-state index is -0.387. The summed E-state index contributed by atoms with van der Waals surface area (Å²) in [6.07, 6.45) is 3.32. The van der Waals surface area contributed by atoms with E-state index in [4.69, 9.17) is 9.52 Å². The molecule has 0 spiro atoms. The molecule has 0 aliphatic carbocycles. The maximum atomic E-state index is 13.5. The summed E-state index contributed by atoms with van der Waals surface area (Å²) < 4.78 is 7.23. The lowest BCUT2D eigenvalue weighted by Gasteiger charge is -2.30. The van der Waals surface area contributed by atoms with Crippen LogP contribution in [0.4, 0.5) is 16.3 Å². The number of nitrogens with zero attached hydrogens (tertiary/aromatic N) is 2. The lowest BCUT2D eigenvalue weighted by molar-refractivity contribution is 0.0888. The number of carbonyl (C=O) groups excluding carboxylic acids is 2. The zero-order valence-corrected chi connectivity index (χ0v) is 23.5. The summed E-state index contributed by atoms with van der Waals surface area (Å²) in [4.78, 5) is 26.8. The third-order valence-electron chi connectivity index (χ3n) is 7.40. The predicted octanol–water partition coefficient (Wildman–Crippen LogP) is 6.68. The molecule has 8 nitrogen and oxygen atoms in total. The largest absolute Gasteiger partial charge is 0.461 e. The smallest absolute Gasteiger partial charge is 0.324 e. The number of aromatic nitrogens is 2. The van der Waals surface area contributed by atoms with Gasteiger partial charge in [0.25, 0.3) is 0 Å². The number of rotatable bonds is 7. The summed E-state index contributed by atoms with van der Waals surface area (Å²) in [5, 5.41) is 14.1. The minimum absolute atomic E-state index is 0.0322. The Morgan fingerprint density at radius 1 is 1.00 bits per heavy atom. The number of nitrogens with one attached hydrogen (secondary N) is 3. The van der Waals surface area contributed by atoms with E-state index in [0.29, 0.717) is 17.3 Å². The van der Waals surface area contributed by atoms with Crippen LogP contribution in [0.1, 0.15) is 66.9 Å². The van der Waals surface area contributed by atoms with E-state index in [1.807, 2.05) is 61.5 Å². The van der Waals surface area contributed by atoms with E-state index in [2.05, 4.69) is 36.7 Å². The van der Waals surface area contributed by atoms with Crippen LogP contribution in [0.25, 0.3) is 5.69 Å². The maximum absolute atomic E-state index is 13.5. The average Bonchev–Trinajstić information content (AvgIpc) is 3.61. The first kappa shape index (κ1) is 27.4. The first-order valence-corrected chi connectivity index (χ1v) is 13.8. The SMILES string of the molecule is Cc1ccc(-n2nc(C(C)(C)C)cc2NC(=O)Nc2cccc(C(C(=O)c3ccco3)C3CCNCC3)c2)cc1. The Balaban J connectivity index is 1.39. The van der Waals surface area contributed by atoms with Gasteiger partial charge in [-0.15, -0.1) is 0 Å². The van der Waals surface area contributed by atoms with Crippen LogP contribution >= 0.6 is 0 Å². The van der Waals surface area contributed by atoms with Crippen LogP contribution in [0.15, 0.2) is 77.4 Å². The van der Waals surface area contributed by atoms with Crippen LogP contribution < -0.4 is 16.0 Å². The molecule has 0 saturated carbocycles. The van der Waals surface area contributed by atoms with Gasteiger partial charge in [-0.1, -0.05) is 50.6 Å². The highest BCUT2D eigenvalue weighted by Crippen LogP contribution is 2.35. The number of furan rings is 1. The number of carbonyl (C=O) groups is 2.